The molecule has 0 aliphatic heterocycles. The number of rotatable bonds is 37. The van der Waals surface area contributed by atoms with E-state index in [1.165, 1.54) is 109 Å². The molecule has 8 rings (SSSR count). The summed E-state index contributed by atoms with van der Waals surface area (Å²) in [7, 11) is 6.61. The lowest BCUT2D eigenvalue weighted by atomic mass is 9.47. The SMILES string of the molecule is CCN(CC)CCN(CCC(=O)OCCSSCCNC(=O)OC1CC[C@@]2(C)C(=CC[C@H]3C4CCC(CCCCC(C)C)[C@@]4(C)CCC32)C1)CCC(=O)OCCSSCCNC(=O)O[C@H]1CC[C@@]2(C)C(=CCC3C4CCC([C@H](C)CCCC(C)C)[C@@]4(C)CCC32)C1. The smallest absolute Gasteiger partial charge is 0.407 e. The lowest BCUT2D eigenvalue weighted by Crippen LogP contribution is -2.51. The fourth-order valence-electron chi connectivity index (χ4n) is 20.2. The van der Waals surface area contributed by atoms with Gasteiger partial charge in [-0.05, 0) is 196 Å². The molecule has 16 heteroatoms. The van der Waals surface area contributed by atoms with Gasteiger partial charge < -0.3 is 39.4 Å². The summed E-state index contributed by atoms with van der Waals surface area (Å²) < 4.78 is 23.3. The highest BCUT2D eigenvalue weighted by Gasteiger charge is 2.61. The Morgan fingerprint density at radius 2 is 1.02 bits per heavy atom. The minimum absolute atomic E-state index is 0.0551. The number of hydrogen-bond acceptors (Lipinski definition) is 14. The Morgan fingerprint density at radius 3 is 1.55 bits per heavy atom. The first-order valence-electron chi connectivity index (χ1n) is 37.2. The Bertz CT molecular complexity index is 2360. The van der Waals surface area contributed by atoms with Crippen molar-refractivity contribution in [1.82, 2.24) is 20.4 Å². The molecule has 0 bridgehead atoms. The van der Waals surface area contributed by atoms with E-state index in [1.54, 1.807) is 54.3 Å². The molecular formula is C75H128N4O8S4. The van der Waals surface area contributed by atoms with Crippen LogP contribution in [-0.2, 0) is 28.5 Å². The van der Waals surface area contributed by atoms with Gasteiger partial charge in [0.25, 0.3) is 0 Å². The predicted octanol–water partition coefficient (Wildman–Crippen LogP) is 18.3. The summed E-state index contributed by atoms with van der Waals surface area (Å²) in [5.41, 5.74) is 4.59. The molecule has 520 valence electrons. The Kier molecular flexibility index (Phi) is 29.9. The van der Waals surface area contributed by atoms with E-state index in [0.717, 1.165) is 141 Å². The van der Waals surface area contributed by atoms with Crippen LogP contribution in [-0.4, -0.2) is 135 Å². The topological polar surface area (TPSA) is 136 Å². The summed E-state index contributed by atoms with van der Waals surface area (Å²) in [5.74, 6) is 11.4. The van der Waals surface area contributed by atoms with Crippen molar-refractivity contribution in [3.05, 3.63) is 23.3 Å². The van der Waals surface area contributed by atoms with Crippen LogP contribution in [0.2, 0.25) is 0 Å². The highest BCUT2D eigenvalue weighted by molar-refractivity contribution is 8.77. The second kappa shape index (κ2) is 36.2. The van der Waals surface area contributed by atoms with Crippen molar-refractivity contribution in [3.8, 4) is 0 Å². The van der Waals surface area contributed by atoms with E-state index < -0.39 is 0 Å². The van der Waals surface area contributed by atoms with E-state index in [-0.39, 0.29) is 60.0 Å². The molecule has 0 saturated heterocycles. The van der Waals surface area contributed by atoms with Crippen LogP contribution in [0.3, 0.4) is 0 Å². The van der Waals surface area contributed by atoms with E-state index in [9.17, 15) is 19.2 Å². The molecule has 0 radical (unpaired) electrons. The monoisotopic (exact) mass is 1340 g/mol. The van der Waals surface area contributed by atoms with Crippen molar-refractivity contribution in [1.29, 1.82) is 0 Å². The molecule has 0 spiro atoms. The number of nitrogens with zero attached hydrogens (tertiary/aromatic N) is 2. The minimum atomic E-state index is -0.314. The Morgan fingerprint density at radius 1 is 0.538 bits per heavy atom. The molecule has 12 nitrogen and oxygen atoms in total. The first-order valence-corrected chi connectivity index (χ1v) is 42.2. The van der Waals surface area contributed by atoms with Crippen LogP contribution in [0.25, 0.3) is 0 Å². The number of carbonyl (C=O) groups is 4. The maximum atomic E-state index is 13.0. The van der Waals surface area contributed by atoms with Gasteiger partial charge in [0.2, 0.25) is 0 Å². The molecule has 0 aromatic rings. The molecule has 8 unspecified atom stereocenters. The number of amides is 2. The largest absolute Gasteiger partial charge is 0.465 e. The van der Waals surface area contributed by atoms with E-state index >= 15 is 0 Å². The number of likely N-dealkylation sites (N-methyl/N-ethyl adjacent to an activating group) is 1. The molecule has 2 N–H and O–H groups in total. The molecule has 0 aromatic heterocycles. The number of unbranched alkanes of at least 4 members (excludes halogenated alkanes) is 1. The van der Waals surface area contributed by atoms with Crippen molar-refractivity contribution in [2.45, 2.75) is 249 Å². The Labute approximate surface area is 569 Å². The standard InChI is InChI=1S/C75H128N4O8S4/c1-12-78(13-2)43-44-79(41-33-68(80)84-45-49-90-88-47-39-76-70(82)86-59-29-35-73(9)57(51-59)21-24-61-64-26-23-56(20-15-14-17-53(3)4)72(64,8)37-31-66(61)73)42-34-69(81)85-46-50-91-89-48-40-77-71(83)87-60-30-36-74(10)58(52-60)22-25-62-65-28-27-63(55(7)19-16-18-54(5)6)75(65,11)38-32-67(62)74/h21-22,53-56,59-67H,12-20,23-52H2,1-11H3,(H,76,82)(H,77,83)/t55-,56?,59?,60+,61+,62?,63?,64?,65?,66?,67?,72-,73+,74+,75-/m1/s1. The third-order valence-electron chi connectivity index (χ3n) is 25.5. The van der Waals surface area contributed by atoms with Gasteiger partial charge in [-0.3, -0.25) is 9.59 Å². The summed E-state index contributed by atoms with van der Waals surface area (Å²) in [4.78, 5) is 56.2. The van der Waals surface area contributed by atoms with Crippen LogP contribution in [0.1, 0.15) is 237 Å². The first kappa shape index (κ1) is 75.1. The van der Waals surface area contributed by atoms with Crippen molar-refractivity contribution in [3.63, 3.8) is 0 Å². The average Bonchev–Trinajstić information content (AvgIpc) is 1.71. The molecule has 8 aliphatic rings. The lowest BCUT2D eigenvalue weighted by molar-refractivity contribution is -0.143. The van der Waals surface area contributed by atoms with Gasteiger partial charge in [-0.25, -0.2) is 9.59 Å². The third kappa shape index (κ3) is 20.2. The van der Waals surface area contributed by atoms with Gasteiger partial charge >= 0.3 is 24.1 Å². The Balaban J connectivity index is 0.625. The molecule has 2 amide bonds. The zero-order valence-corrected chi connectivity index (χ0v) is 62.3. The van der Waals surface area contributed by atoms with Crippen LogP contribution in [0.15, 0.2) is 23.3 Å². The van der Waals surface area contributed by atoms with Crippen LogP contribution in [0, 0.1) is 86.8 Å². The van der Waals surface area contributed by atoms with Gasteiger partial charge in [-0.2, -0.15) is 0 Å². The highest BCUT2D eigenvalue weighted by atomic mass is 33.1. The second-order valence-electron chi connectivity index (χ2n) is 31.5. The first-order chi connectivity index (χ1) is 43.7. The summed E-state index contributed by atoms with van der Waals surface area (Å²) in [5, 5.41) is 5.98. The summed E-state index contributed by atoms with van der Waals surface area (Å²) in [6, 6.07) is 0. The normalized spacial score (nSPS) is 32.8. The number of carbonyl (C=O) groups excluding carboxylic acids is 4. The Hall–Kier alpha value is -1.72. The zero-order chi connectivity index (χ0) is 65.2. The number of nitrogens with one attached hydrogen (secondary N) is 2. The number of esters is 2. The number of fused-ring (bicyclic) bond motifs is 10. The number of hydrogen-bond donors (Lipinski definition) is 2. The third-order valence-corrected chi connectivity index (χ3v) is 30.2. The molecule has 6 saturated carbocycles. The van der Waals surface area contributed by atoms with Gasteiger partial charge in [-0.1, -0.05) is 181 Å². The van der Waals surface area contributed by atoms with Crippen molar-refractivity contribution in [2.24, 2.45) is 86.8 Å². The molecule has 8 aliphatic carbocycles. The van der Waals surface area contributed by atoms with E-state index in [0.29, 0.717) is 61.7 Å². The van der Waals surface area contributed by atoms with Crippen molar-refractivity contribution < 1.29 is 38.1 Å². The van der Waals surface area contributed by atoms with Crippen LogP contribution in [0.4, 0.5) is 9.59 Å². The fourth-order valence-corrected chi connectivity index (χ4v) is 23.7. The number of alkyl carbamates (subject to hydrolysis) is 2. The predicted molar refractivity (Wildman–Crippen MR) is 383 cm³/mol. The molecule has 91 heavy (non-hydrogen) atoms. The van der Waals surface area contributed by atoms with Gasteiger partial charge in [0.15, 0.2) is 0 Å². The summed E-state index contributed by atoms with van der Waals surface area (Å²) >= 11 is 0. The van der Waals surface area contributed by atoms with Crippen LogP contribution >= 0.6 is 43.2 Å². The van der Waals surface area contributed by atoms with Gasteiger partial charge in [-0.15, -0.1) is 0 Å². The molecule has 0 heterocycles. The molecule has 6 fully saturated rings. The number of ether oxygens (including phenoxy) is 4. The van der Waals surface area contributed by atoms with Crippen LogP contribution < -0.4 is 10.6 Å². The van der Waals surface area contributed by atoms with Crippen molar-refractivity contribution in [2.75, 3.05) is 88.6 Å². The summed E-state index contributed by atoms with van der Waals surface area (Å²) in [6.07, 6.45) is 34.1. The van der Waals surface area contributed by atoms with E-state index in [2.05, 4.69) is 109 Å². The highest BCUT2D eigenvalue weighted by Crippen LogP contribution is 2.69. The average molecular weight is 1340 g/mol. The lowest BCUT2D eigenvalue weighted by Gasteiger charge is -2.58. The number of allylic oxidation sites excluding steroid dienone is 2. The zero-order valence-electron chi connectivity index (χ0n) is 59.0. The van der Waals surface area contributed by atoms with E-state index in [1.807, 2.05) is 0 Å². The van der Waals surface area contributed by atoms with Crippen LogP contribution in [0.5, 0.6) is 0 Å². The van der Waals surface area contributed by atoms with E-state index in [4.69, 9.17) is 18.9 Å². The molecule has 0 aromatic carbocycles. The minimum Gasteiger partial charge on any atom is -0.465 e. The maximum Gasteiger partial charge on any atom is 0.407 e. The van der Waals surface area contributed by atoms with Gasteiger partial charge in [0.1, 0.15) is 25.4 Å². The second-order valence-corrected chi connectivity index (χ2v) is 36.9. The maximum absolute atomic E-state index is 13.0. The molecule has 15 atom stereocenters. The van der Waals surface area contributed by atoms with Gasteiger partial charge in [0.05, 0.1) is 12.8 Å². The quantitative estimate of drug-likeness (QED) is 0.0201. The van der Waals surface area contributed by atoms with Crippen molar-refractivity contribution >= 4 is 67.3 Å². The molecular weight excluding hydrogens is 1210 g/mol. The fraction of sp³-hybridized carbons (Fsp3) is 0.893. The summed E-state index contributed by atoms with van der Waals surface area (Å²) in [6.45, 7) is 33.0. The van der Waals surface area contributed by atoms with Gasteiger partial charge in [0, 0.05) is 75.1 Å².